The Morgan fingerprint density at radius 2 is 2.00 bits per heavy atom. The van der Waals surface area contributed by atoms with Crippen LogP contribution >= 0.6 is 0 Å². The van der Waals surface area contributed by atoms with E-state index in [2.05, 4.69) is 4.74 Å². The number of aryl methyl sites for hydroxylation is 1. The average Bonchev–Trinajstić information content (AvgIpc) is 2.15. The molecule has 0 aromatic heterocycles. The first-order valence-electron chi connectivity index (χ1n) is 4.06. The Morgan fingerprint density at radius 1 is 1.36 bits per heavy atom. The van der Waals surface area contributed by atoms with Gasteiger partial charge < -0.3 is 14.6 Å². The SMILES string of the molecule is COC(=O)c1c(O)cc(C)cc1OC. The topological polar surface area (TPSA) is 55.8 Å². The fraction of sp³-hybridized carbons (Fsp3) is 0.300. The second-order valence-corrected chi connectivity index (χ2v) is 2.85. The molecule has 0 fully saturated rings. The molecule has 0 bridgehead atoms. The van der Waals surface area contributed by atoms with Gasteiger partial charge in [-0.05, 0) is 24.6 Å². The summed E-state index contributed by atoms with van der Waals surface area (Å²) in [6, 6.07) is 3.14. The number of aromatic hydroxyl groups is 1. The number of hydrogen-bond donors (Lipinski definition) is 1. The van der Waals surface area contributed by atoms with Gasteiger partial charge in [0.2, 0.25) is 0 Å². The second kappa shape index (κ2) is 4.00. The van der Waals surface area contributed by atoms with Gasteiger partial charge in [-0.1, -0.05) is 0 Å². The van der Waals surface area contributed by atoms with Gasteiger partial charge in [0.15, 0.2) is 0 Å². The molecule has 0 aliphatic heterocycles. The van der Waals surface area contributed by atoms with E-state index < -0.39 is 5.97 Å². The molecule has 0 aliphatic carbocycles. The summed E-state index contributed by atoms with van der Waals surface area (Å²) in [5.74, 6) is -0.428. The highest BCUT2D eigenvalue weighted by Gasteiger charge is 2.18. The summed E-state index contributed by atoms with van der Waals surface area (Å²) in [4.78, 5) is 11.3. The minimum atomic E-state index is -0.612. The Morgan fingerprint density at radius 3 is 2.50 bits per heavy atom. The first-order valence-corrected chi connectivity index (χ1v) is 4.06. The number of ether oxygens (including phenoxy) is 2. The zero-order valence-corrected chi connectivity index (χ0v) is 8.33. The molecule has 4 nitrogen and oxygen atoms in total. The maximum atomic E-state index is 11.3. The number of methoxy groups -OCH3 is 2. The number of phenolic OH excluding ortho intramolecular Hbond substituents is 1. The van der Waals surface area contributed by atoms with E-state index in [4.69, 9.17) is 4.74 Å². The van der Waals surface area contributed by atoms with Crippen molar-refractivity contribution >= 4 is 5.97 Å². The van der Waals surface area contributed by atoms with Crippen LogP contribution in [0.3, 0.4) is 0 Å². The molecule has 1 aromatic carbocycles. The van der Waals surface area contributed by atoms with Crippen LogP contribution in [-0.4, -0.2) is 25.3 Å². The molecule has 1 N–H and O–H groups in total. The van der Waals surface area contributed by atoms with Crippen molar-refractivity contribution in [2.75, 3.05) is 14.2 Å². The maximum Gasteiger partial charge on any atom is 0.345 e. The number of hydrogen-bond acceptors (Lipinski definition) is 4. The Kier molecular flexibility index (Phi) is 2.96. The van der Waals surface area contributed by atoms with Crippen molar-refractivity contribution in [2.24, 2.45) is 0 Å². The third-order valence-electron chi connectivity index (χ3n) is 1.84. The molecule has 0 amide bonds. The molecule has 0 aliphatic rings. The van der Waals surface area contributed by atoms with Gasteiger partial charge in [-0.25, -0.2) is 4.79 Å². The Balaban J connectivity index is 3.32. The summed E-state index contributed by atoms with van der Waals surface area (Å²) < 4.78 is 9.49. The number of carbonyl (C=O) groups is 1. The molecule has 0 saturated carbocycles. The highest BCUT2D eigenvalue weighted by molar-refractivity contribution is 5.95. The van der Waals surface area contributed by atoms with Gasteiger partial charge >= 0.3 is 5.97 Å². The number of benzene rings is 1. The Bertz CT molecular complexity index is 357. The van der Waals surface area contributed by atoms with Crippen LogP contribution in [0.5, 0.6) is 11.5 Å². The largest absolute Gasteiger partial charge is 0.507 e. The van der Waals surface area contributed by atoms with Crippen LogP contribution in [0.1, 0.15) is 15.9 Å². The van der Waals surface area contributed by atoms with E-state index in [1.54, 1.807) is 13.0 Å². The first kappa shape index (κ1) is 10.4. The number of rotatable bonds is 2. The van der Waals surface area contributed by atoms with Gasteiger partial charge in [0.1, 0.15) is 17.1 Å². The van der Waals surface area contributed by atoms with Gasteiger partial charge in [0.05, 0.1) is 14.2 Å². The van der Waals surface area contributed by atoms with Gasteiger partial charge in [0, 0.05) is 0 Å². The molecule has 0 spiro atoms. The summed E-state index contributed by atoms with van der Waals surface area (Å²) in [7, 11) is 2.68. The summed E-state index contributed by atoms with van der Waals surface area (Å²) in [6.45, 7) is 1.79. The molecule has 0 atom stereocenters. The first-order chi connectivity index (χ1) is 6.60. The lowest BCUT2D eigenvalue weighted by Crippen LogP contribution is -2.04. The molecule has 0 heterocycles. The third kappa shape index (κ3) is 1.79. The van der Waals surface area contributed by atoms with Crippen molar-refractivity contribution < 1.29 is 19.4 Å². The van der Waals surface area contributed by atoms with E-state index in [1.165, 1.54) is 20.3 Å². The van der Waals surface area contributed by atoms with E-state index in [9.17, 15) is 9.90 Å². The normalized spacial score (nSPS) is 9.64. The van der Waals surface area contributed by atoms with E-state index in [0.29, 0.717) is 5.75 Å². The fourth-order valence-corrected chi connectivity index (χ4v) is 1.20. The Labute approximate surface area is 82.1 Å². The van der Waals surface area contributed by atoms with Crippen LogP contribution in [0.15, 0.2) is 12.1 Å². The van der Waals surface area contributed by atoms with Gasteiger partial charge in [0.25, 0.3) is 0 Å². The molecule has 0 radical (unpaired) electrons. The molecule has 0 saturated heterocycles. The van der Waals surface area contributed by atoms with Crippen molar-refractivity contribution in [2.45, 2.75) is 6.92 Å². The Hall–Kier alpha value is -1.71. The van der Waals surface area contributed by atoms with Crippen molar-refractivity contribution in [3.8, 4) is 11.5 Å². The van der Waals surface area contributed by atoms with Gasteiger partial charge in [-0.3, -0.25) is 0 Å². The third-order valence-corrected chi connectivity index (χ3v) is 1.84. The van der Waals surface area contributed by atoms with Crippen molar-refractivity contribution in [3.63, 3.8) is 0 Å². The molecule has 1 rings (SSSR count). The summed E-state index contributed by atoms with van der Waals surface area (Å²) >= 11 is 0. The minimum Gasteiger partial charge on any atom is -0.507 e. The van der Waals surface area contributed by atoms with Crippen LogP contribution in [0.2, 0.25) is 0 Å². The molecular formula is C10H12O4. The van der Waals surface area contributed by atoms with Crippen LogP contribution in [-0.2, 0) is 4.74 Å². The summed E-state index contributed by atoms with van der Waals surface area (Å²) in [6.07, 6.45) is 0. The van der Waals surface area contributed by atoms with E-state index in [1.807, 2.05) is 0 Å². The standard InChI is InChI=1S/C10H12O4/c1-6-4-7(11)9(10(12)14-3)8(5-6)13-2/h4-5,11H,1-3H3. The van der Waals surface area contributed by atoms with Crippen molar-refractivity contribution in [1.29, 1.82) is 0 Å². The van der Waals surface area contributed by atoms with Crippen LogP contribution in [0.4, 0.5) is 0 Å². The molecule has 1 aromatic rings. The van der Waals surface area contributed by atoms with Gasteiger partial charge in [-0.15, -0.1) is 0 Å². The van der Waals surface area contributed by atoms with E-state index in [0.717, 1.165) is 5.56 Å². The zero-order chi connectivity index (χ0) is 10.7. The van der Waals surface area contributed by atoms with E-state index >= 15 is 0 Å². The number of carbonyl (C=O) groups excluding carboxylic acids is 1. The predicted octanol–water partition coefficient (Wildman–Crippen LogP) is 1.50. The highest BCUT2D eigenvalue weighted by Crippen LogP contribution is 2.29. The highest BCUT2D eigenvalue weighted by atomic mass is 16.5. The average molecular weight is 196 g/mol. The number of phenols is 1. The van der Waals surface area contributed by atoms with Crippen LogP contribution < -0.4 is 4.74 Å². The molecule has 0 unspecified atom stereocenters. The maximum absolute atomic E-state index is 11.3. The van der Waals surface area contributed by atoms with Crippen molar-refractivity contribution in [3.05, 3.63) is 23.3 Å². The lowest BCUT2D eigenvalue weighted by atomic mass is 10.1. The quantitative estimate of drug-likeness (QED) is 0.728. The second-order valence-electron chi connectivity index (χ2n) is 2.85. The zero-order valence-electron chi connectivity index (χ0n) is 8.33. The summed E-state index contributed by atoms with van der Waals surface area (Å²) in [5.41, 5.74) is 0.868. The van der Waals surface area contributed by atoms with Crippen molar-refractivity contribution in [1.82, 2.24) is 0 Å². The van der Waals surface area contributed by atoms with Gasteiger partial charge in [-0.2, -0.15) is 0 Å². The molecule has 4 heteroatoms. The number of esters is 1. The smallest absolute Gasteiger partial charge is 0.345 e. The van der Waals surface area contributed by atoms with Crippen LogP contribution in [0, 0.1) is 6.92 Å². The monoisotopic (exact) mass is 196 g/mol. The summed E-state index contributed by atoms with van der Waals surface area (Å²) in [5, 5.41) is 9.52. The minimum absolute atomic E-state index is 0.0561. The molecule has 76 valence electrons. The fourth-order valence-electron chi connectivity index (χ4n) is 1.20. The van der Waals surface area contributed by atoms with E-state index in [-0.39, 0.29) is 11.3 Å². The van der Waals surface area contributed by atoms with Crippen LogP contribution in [0.25, 0.3) is 0 Å². The lowest BCUT2D eigenvalue weighted by molar-refractivity contribution is 0.0593. The lowest BCUT2D eigenvalue weighted by Gasteiger charge is -2.09. The molecular weight excluding hydrogens is 184 g/mol. The predicted molar refractivity (Wildman–Crippen MR) is 50.7 cm³/mol. The molecule has 14 heavy (non-hydrogen) atoms.